The number of methoxy groups -OCH3 is 1. The third kappa shape index (κ3) is 2.40. The van der Waals surface area contributed by atoms with E-state index in [1.54, 1.807) is 30.3 Å². The zero-order valence-corrected chi connectivity index (χ0v) is 10.3. The van der Waals surface area contributed by atoms with Gasteiger partial charge in [0.25, 0.3) is 0 Å². The molecule has 18 heavy (non-hydrogen) atoms. The van der Waals surface area contributed by atoms with Gasteiger partial charge < -0.3 is 19.8 Å². The average molecular weight is 250 g/mol. The van der Waals surface area contributed by atoms with Crippen LogP contribution >= 0.6 is 0 Å². The molecule has 0 fully saturated rings. The van der Waals surface area contributed by atoms with E-state index in [-0.39, 0.29) is 11.5 Å². The number of nitrogens with two attached hydrogens (primary N) is 1. The minimum Gasteiger partial charge on any atom is -0.495 e. The van der Waals surface area contributed by atoms with Crippen LogP contribution in [0.5, 0.6) is 5.75 Å². The first-order valence-electron chi connectivity index (χ1n) is 5.48. The molecule has 0 radical (unpaired) electrons. The van der Waals surface area contributed by atoms with Crippen LogP contribution in [-0.4, -0.2) is 14.2 Å². The lowest BCUT2D eigenvalue weighted by Crippen LogP contribution is -2.17. The standard InChI is InChI=1S/C13H15FN2O2/c1-16(8-9-4-3-5-18-9)12-7-13(17-2)11(15)6-10(12)14/h3-7H,8,15H2,1-2H3. The molecular weight excluding hydrogens is 235 g/mol. The first-order valence-corrected chi connectivity index (χ1v) is 5.48. The second-order valence-electron chi connectivity index (χ2n) is 3.98. The molecule has 0 atom stereocenters. The lowest BCUT2D eigenvalue weighted by Gasteiger charge is -2.20. The molecule has 0 amide bonds. The number of furan rings is 1. The summed E-state index contributed by atoms with van der Waals surface area (Å²) in [6.45, 7) is 0.469. The number of nitrogen functional groups attached to an aromatic ring is 1. The van der Waals surface area contributed by atoms with Gasteiger partial charge in [0.05, 0.1) is 31.3 Å². The Bertz CT molecular complexity index is 526. The van der Waals surface area contributed by atoms with E-state index in [1.165, 1.54) is 13.2 Å². The van der Waals surface area contributed by atoms with E-state index >= 15 is 0 Å². The lowest BCUT2D eigenvalue weighted by molar-refractivity contribution is 0.416. The fourth-order valence-electron chi connectivity index (χ4n) is 1.75. The SMILES string of the molecule is COc1cc(N(C)Cc2ccco2)c(F)cc1N. The number of anilines is 2. The van der Waals surface area contributed by atoms with E-state index in [2.05, 4.69) is 0 Å². The first-order chi connectivity index (χ1) is 8.61. The average Bonchev–Trinajstić information content (AvgIpc) is 2.81. The Morgan fingerprint density at radius 1 is 1.44 bits per heavy atom. The van der Waals surface area contributed by atoms with Gasteiger partial charge in [-0.1, -0.05) is 0 Å². The van der Waals surface area contributed by atoms with Crippen molar-refractivity contribution in [2.24, 2.45) is 0 Å². The van der Waals surface area contributed by atoms with Crippen LogP contribution in [0.3, 0.4) is 0 Å². The van der Waals surface area contributed by atoms with Gasteiger partial charge in [-0.25, -0.2) is 4.39 Å². The third-order valence-corrected chi connectivity index (χ3v) is 2.68. The van der Waals surface area contributed by atoms with Crippen LogP contribution in [-0.2, 0) is 6.54 Å². The highest BCUT2D eigenvalue weighted by Crippen LogP contribution is 2.30. The summed E-state index contributed by atoms with van der Waals surface area (Å²) in [5, 5.41) is 0. The minimum atomic E-state index is -0.387. The molecule has 0 saturated carbocycles. The normalized spacial score (nSPS) is 10.4. The number of nitrogens with zero attached hydrogens (tertiary/aromatic N) is 1. The van der Waals surface area contributed by atoms with E-state index in [0.717, 1.165) is 5.76 Å². The molecule has 2 aromatic rings. The van der Waals surface area contributed by atoms with Crippen LogP contribution in [0.2, 0.25) is 0 Å². The molecular formula is C13H15FN2O2. The van der Waals surface area contributed by atoms with Crippen LogP contribution < -0.4 is 15.4 Å². The zero-order valence-electron chi connectivity index (χ0n) is 10.3. The summed E-state index contributed by atoms with van der Waals surface area (Å²) in [5.41, 5.74) is 6.33. The largest absolute Gasteiger partial charge is 0.495 e. The Morgan fingerprint density at radius 2 is 2.22 bits per heavy atom. The quantitative estimate of drug-likeness (QED) is 0.847. The maximum Gasteiger partial charge on any atom is 0.148 e. The fraction of sp³-hybridized carbons (Fsp3) is 0.231. The summed E-state index contributed by atoms with van der Waals surface area (Å²) in [5.74, 6) is 0.827. The highest BCUT2D eigenvalue weighted by molar-refractivity contribution is 5.63. The second-order valence-corrected chi connectivity index (χ2v) is 3.98. The number of rotatable bonds is 4. The van der Waals surface area contributed by atoms with Crippen molar-refractivity contribution in [3.05, 3.63) is 42.1 Å². The maximum atomic E-state index is 13.8. The minimum absolute atomic E-state index is 0.283. The molecule has 0 spiro atoms. The number of hydrogen-bond acceptors (Lipinski definition) is 4. The van der Waals surface area contributed by atoms with Gasteiger partial charge in [-0.3, -0.25) is 0 Å². The highest BCUT2D eigenvalue weighted by Gasteiger charge is 2.13. The molecule has 0 aliphatic carbocycles. The van der Waals surface area contributed by atoms with Gasteiger partial charge in [-0.15, -0.1) is 0 Å². The molecule has 1 aromatic heterocycles. The van der Waals surface area contributed by atoms with Gasteiger partial charge in [0.2, 0.25) is 0 Å². The Kier molecular flexibility index (Phi) is 3.41. The molecule has 0 saturated heterocycles. The van der Waals surface area contributed by atoms with Gasteiger partial charge in [0, 0.05) is 19.2 Å². The summed E-state index contributed by atoms with van der Waals surface area (Å²) >= 11 is 0. The van der Waals surface area contributed by atoms with E-state index in [1.807, 2.05) is 6.07 Å². The van der Waals surface area contributed by atoms with Crippen LogP contribution in [0.4, 0.5) is 15.8 Å². The van der Waals surface area contributed by atoms with Crippen molar-refractivity contribution < 1.29 is 13.5 Å². The highest BCUT2D eigenvalue weighted by atomic mass is 19.1. The summed E-state index contributed by atoms with van der Waals surface area (Å²) in [4.78, 5) is 1.73. The molecule has 2 rings (SSSR count). The van der Waals surface area contributed by atoms with Crippen LogP contribution in [0, 0.1) is 5.82 Å². The number of hydrogen-bond donors (Lipinski definition) is 1. The Balaban J connectivity index is 2.26. The van der Waals surface area contributed by atoms with Crippen molar-refractivity contribution in [1.82, 2.24) is 0 Å². The summed E-state index contributed by atoms with van der Waals surface area (Å²) < 4.78 is 24.1. The molecule has 0 bridgehead atoms. The van der Waals surface area contributed by atoms with Crippen molar-refractivity contribution in [3.63, 3.8) is 0 Å². The fourth-order valence-corrected chi connectivity index (χ4v) is 1.75. The van der Waals surface area contributed by atoms with Crippen LogP contribution in [0.1, 0.15) is 5.76 Å². The van der Waals surface area contributed by atoms with Crippen LogP contribution in [0.25, 0.3) is 0 Å². The molecule has 96 valence electrons. The topological polar surface area (TPSA) is 51.6 Å². The predicted molar refractivity (Wildman–Crippen MR) is 68.2 cm³/mol. The van der Waals surface area contributed by atoms with Gasteiger partial charge in [-0.2, -0.15) is 0 Å². The Labute approximate surface area is 105 Å². The summed E-state index contributed by atoms with van der Waals surface area (Å²) in [7, 11) is 3.27. The number of benzene rings is 1. The van der Waals surface area contributed by atoms with Crippen molar-refractivity contribution >= 4 is 11.4 Å². The molecule has 0 aliphatic rings. The van der Waals surface area contributed by atoms with Gasteiger partial charge in [0.1, 0.15) is 17.3 Å². The van der Waals surface area contributed by atoms with Crippen molar-refractivity contribution in [2.75, 3.05) is 24.8 Å². The number of ether oxygens (including phenoxy) is 1. The summed E-state index contributed by atoms with van der Waals surface area (Å²) in [6.07, 6.45) is 1.59. The second kappa shape index (κ2) is 5.00. The van der Waals surface area contributed by atoms with Crippen LogP contribution in [0.15, 0.2) is 34.9 Å². The van der Waals surface area contributed by atoms with Gasteiger partial charge in [0.15, 0.2) is 0 Å². The molecule has 0 aliphatic heterocycles. The van der Waals surface area contributed by atoms with E-state index in [0.29, 0.717) is 18.0 Å². The van der Waals surface area contributed by atoms with Crippen molar-refractivity contribution in [3.8, 4) is 5.75 Å². The van der Waals surface area contributed by atoms with Crippen molar-refractivity contribution in [2.45, 2.75) is 6.54 Å². The molecule has 0 unspecified atom stereocenters. The van der Waals surface area contributed by atoms with Crippen molar-refractivity contribution in [1.29, 1.82) is 0 Å². The van der Waals surface area contributed by atoms with E-state index in [4.69, 9.17) is 14.9 Å². The monoisotopic (exact) mass is 250 g/mol. The number of halogens is 1. The molecule has 5 heteroatoms. The van der Waals surface area contributed by atoms with E-state index in [9.17, 15) is 4.39 Å². The Hall–Kier alpha value is -2.17. The molecule has 4 nitrogen and oxygen atoms in total. The molecule has 1 heterocycles. The van der Waals surface area contributed by atoms with Gasteiger partial charge >= 0.3 is 0 Å². The lowest BCUT2D eigenvalue weighted by atomic mass is 10.2. The van der Waals surface area contributed by atoms with Gasteiger partial charge in [-0.05, 0) is 12.1 Å². The first kappa shape index (κ1) is 12.3. The zero-order chi connectivity index (χ0) is 13.1. The van der Waals surface area contributed by atoms with E-state index < -0.39 is 0 Å². The smallest absolute Gasteiger partial charge is 0.148 e. The predicted octanol–water partition coefficient (Wildman–Crippen LogP) is 2.65. The summed E-state index contributed by atoms with van der Waals surface area (Å²) in [6, 6.07) is 6.46. The third-order valence-electron chi connectivity index (χ3n) is 2.68. The molecule has 1 aromatic carbocycles. The Morgan fingerprint density at radius 3 is 2.83 bits per heavy atom. The molecule has 2 N–H and O–H groups in total. The maximum absolute atomic E-state index is 13.8.